The van der Waals surface area contributed by atoms with Gasteiger partial charge in [0.15, 0.2) is 0 Å². The van der Waals surface area contributed by atoms with Gasteiger partial charge in [-0.05, 0) is 31.0 Å². The molecule has 0 bridgehead atoms. The van der Waals surface area contributed by atoms with Crippen molar-refractivity contribution in [2.45, 2.75) is 24.3 Å². The van der Waals surface area contributed by atoms with Crippen LogP contribution < -0.4 is 4.72 Å². The summed E-state index contributed by atoms with van der Waals surface area (Å²) >= 11 is 2.93. The van der Waals surface area contributed by atoms with Crippen molar-refractivity contribution in [3.63, 3.8) is 0 Å². The molecule has 1 aliphatic carbocycles. The van der Waals surface area contributed by atoms with E-state index in [4.69, 9.17) is 0 Å². The lowest BCUT2D eigenvalue weighted by Gasteiger charge is -2.11. The van der Waals surface area contributed by atoms with Crippen molar-refractivity contribution in [2.75, 3.05) is 4.72 Å². The molecule has 0 atom stereocenters. The average Bonchev–Trinajstić information content (AvgIpc) is 2.96. The minimum absolute atomic E-state index is 0.0800. The number of hydrogen-bond acceptors (Lipinski definition) is 2. The zero-order valence-electron chi connectivity index (χ0n) is 8.96. The van der Waals surface area contributed by atoms with Gasteiger partial charge in [-0.25, -0.2) is 8.42 Å². The third kappa shape index (κ3) is 3.17. The number of sulfonamides is 1. The molecule has 0 aromatic heterocycles. The molecule has 1 aliphatic rings. The average molecular weight is 344 g/mol. The first kappa shape index (κ1) is 13.7. The van der Waals surface area contributed by atoms with Crippen molar-refractivity contribution in [3.8, 4) is 0 Å². The predicted molar refractivity (Wildman–Crippen MR) is 64.7 cm³/mol. The van der Waals surface area contributed by atoms with Crippen molar-refractivity contribution in [3.05, 3.63) is 28.2 Å². The van der Waals surface area contributed by atoms with Crippen LogP contribution in [0.15, 0.2) is 22.7 Å². The highest BCUT2D eigenvalue weighted by molar-refractivity contribution is 9.10. The van der Waals surface area contributed by atoms with Crippen molar-refractivity contribution in [1.29, 1.82) is 0 Å². The Balaban J connectivity index is 2.31. The van der Waals surface area contributed by atoms with Gasteiger partial charge in [0.2, 0.25) is 10.0 Å². The lowest BCUT2D eigenvalue weighted by Crippen LogP contribution is -2.18. The van der Waals surface area contributed by atoms with Crippen LogP contribution in [0.25, 0.3) is 0 Å². The number of rotatable bonds is 3. The molecule has 100 valence electrons. The van der Waals surface area contributed by atoms with E-state index >= 15 is 0 Å². The van der Waals surface area contributed by atoms with Gasteiger partial charge in [-0.1, -0.05) is 15.9 Å². The lowest BCUT2D eigenvalue weighted by atomic mass is 10.2. The van der Waals surface area contributed by atoms with Gasteiger partial charge in [0.25, 0.3) is 0 Å². The second-order valence-corrected chi connectivity index (χ2v) is 6.95. The molecule has 8 heteroatoms. The number of benzene rings is 1. The Kier molecular flexibility index (Phi) is 3.35. The zero-order valence-corrected chi connectivity index (χ0v) is 11.4. The normalized spacial score (nSPS) is 16.7. The molecule has 2 rings (SSSR count). The highest BCUT2D eigenvalue weighted by Crippen LogP contribution is 2.35. The molecule has 0 unspecified atom stereocenters. The van der Waals surface area contributed by atoms with Crippen LogP contribution in [0.2, 0.25) is 0 Å². The monoisotopic (exact) mass is 343 g/mol. The minimum Gasteiger partial charge on any atom is -0.283 e. The predicted octanol–water partition coefficient (Wildman–Crippen LogP) is 3.37. The SMILES string of the molecule is O=S(=O)(Nc1cc(Br)cc(C(F)(F)F)c1)C1CC1. The summed E-state index contributed by atoms with van der Waals surface area (Å²) in [6.07, 6.45) is -3.41. The Morgan fingerprint density at radius 3 is 2.33 bits per heavy atom. The quantitative estimate of drug-likeness (QED) is 0.914. The molecule has 1 saturated carbocycles. The van der Waals surface area contributed by atoms with Crippen LogP contribution in [0.4, 0.5) is 18.9 Å². The summed E-state index contributed by atoms with van der Waals surface area (Å²) in [6, 6.07) is 2.98. The van der Waals surface area contributed by atoms with Crippen molar-refractivity contribution >= 4 is 31.6 Å². The lowest BCUT2D eigenvalue weighted by molar-refractivity contribution is -0.137. The van der Waals surface area contributed by atoms with Crippen LogP contribution in [0.3, 0.4) is 0 Å². The molecule has 0 saturated heterocycles. The molecule has 1 aromatic rings. The third-order valence-electron chi connectivity index (χ3n) is 2.45. The van der Waals surface area contributed by atoms with Crippen LogP contribution in [0.5, 0.6) is 0 Å². The molecule has 0 spiro atoms. The molecule has 3 nitrogen and oxygen atoms in total. The van der Waals surface area contributed by atoms with Gasteiger partial charge >= 0.3 is 6.18 Å². The Bertz CT molecular complexity index is 567. The molecule has 1 fully saturated rings. The summed E-state index contributed by atoms with van der Waals surface area (Å²) in [5, 5.41) is -0.481. The molecule has 18 heavy (non-hydrogen) atoms. The topological polar surface area (TPSA) is 46.2 Å². The van der Waals surface area contributed by atoms with Gasteiger partial charge in [-0.15, -0.1) is 0 Å². The maximum absolute atomic E-state index is 12.6. The van der Waals surface area contributed by atoms with E-state index in [1.54, 1.807) is 0 Å². The fourth-order valence-corrected chi connectivity index (χ4v) is 3.30. The Hall–Kier alpha value is -0.760. The molecular weight excluding hydrogens is 335 g/mol. The van der Waals surface area contributed by atoms with E-state index in [0.717, 1.165) is 12.1 Å². The van der Waals surface area contributed by atoms with Gasteiger partial charge in [0.1, 0.15) is 0 Å². The van der Waals surface area contributed by atoms with Gasteiger partial charge < -0.3 is 0 Å². The molecular formula is C10H9BrF3NO2S. The molecule has 1 aromatic carbocycles. The van der Waals surface area contributed by atoms with Gasteiger partial charge in [0.05, 0.1) is 16.5 Å². The van der Waals surface area contributed by atoms with Gasteiger partial charge in [-0.2, -0.15) is 13.2 Å². The van der Waals surface area contributed by atoms with Crippen LogP contribution in [0.1, 0.15) is 18.4 Å². The van der Waals surface area contributed by atoms with E-state index in [9.17, 15) is 21.6 Å². The summed E-state index contributed by atoms with van der Waals surface area (Å²) in [7, 11) is -3.56. The van der Waals surface area contributed by atoms with Crippen LogP contribution in [-0.2, 0) is 16.2 Å². The molecule has 1 N–H and O–H groups in total. The summed E-state index contributed by atoms with van der Waals surface area (Å²) < 4.78 is 63.3. The highest BCUT2D eigenvalue weighted by atomic mass is 79.9. The largest absolute Gasteiger partial charge is 0.416 e. The van der Waals surface area contributed by atoms with Crippen molar-refractivity contribution < 1.29 is 21.6 Å². The summed E-state index contributed by atoms with van der Waals surface area (Å²) in [5.41, 5.74) is -0.978. The third-order valence-corrected chi connectivity index (χ3v) is 4.78. The van der Waals surface area contributed by atoms with E-state index in [1.165, 1.54) is 6.07 Å². The summed E-state index contributed by atoms with van der Waals surface area (Å²) in [4.78, 5) is 0. The van der Waals surface area contributed by atoms with Crippen molar-refractivity contribution in [2.24, 2.45) is 0 Å². The summed E-state index contributed by atoms with van der Waals surface area (Å²) in [6.45, 7) is 0. The number of halogens is 4. The van der Waals surface area contributed by atoms with Crippen molar-refractivity contribution in [1.82, 2.24) is 0 Å². The maximum Gasteiger partial charge on any atom is 0.416 e. The molecule has 0 aliphatic heterocycles. The van der Waals surface area contributed by atoms with E-state index in [0.29, 0.717) is 12.8 Å². The first-order valence-electron chi connectivity index (χ1n) is 5.08. The zero-order chi connectivity index (χ0) is 13.6. The standard InChI is InChI=1S/C10H9BrF3NO2S/c11-7-3-6(10(12,13)14)4-8(5-7)15-18(16,17)9-1-2-9/h3-5,9,15H,1-2H2. The number of alkyl halides is 3. The van der Waals surface area contributed by atoms with E-state index in [-0.39, 0.29) is 10.2 Å². The van der Waals surface area contributed by atoms with Crippen LogP contribution in [0, 0.1) is 0 Å². The molecule has 0 heterocycles. The number of anilines is 1. The molecule has 0 amide bonds. The first-order valence-corrected chi connectivity index (χ1v) is 7.42. The van der Waals surface area contributed by atoms with Crippen LogP contribution in [-0.4, -0.2) is 13.7 Å². The Morgan fingerprint density at radius 2 is 1.83 bits per heavy atom. The fourth-order valence-electron chi connectivity index (χ4n) is 1.44. The van der Waals surface area contributed by atoms with Crippen LogP contribution >= 0.6 is 15.9 Å². The number of hydrogen-bond donors (Lipinski definition) is 1. The minimum atomic E-state index is -4.51. The second kappa shape index (κ2) is 4.41. The maximum atomic E-state index is 12.6. The highest BCUT2D eigenvalue weighted by Gasteiger charge is 2.36. The van der Waals surface area contributed by atoms with Gasteiger partial charge in [0, 0.05) is 4.47 Å². The van der Waals surface area contributed by atoms with E-state index < -0.39 is 27.0 Å². The fraction of sp³-hybridized carbons (Fsp3) is 0.400. The smallest absolute Gasteiger partial charge is 0.283 e. The first-order chi connectivity index (χ1) is 8.18. The number of nitrogens with one attached hydrogen (secondary N) is 1. The van der Waals surface area contributed by atoms with Gasteiger partial charge in [-0.3, -0.25) is 4.72 Å². The summed E-state index contributed by atoms with van der Waals surface area (Å²) in [5.74, 6) is 0. The van der Waals surface area contributed by atoms with E-state index in [2.05, 4.69) is 20.7 Å². The Labute approximate surface area is 111 Å². The Morgan fingerprint density at radius 1 is 1.22 bits per heavy atom. The second-order valence-electron chi connectivity index (χ2n) is 4.07. The molecule has 0 radical (unpaired) electrons. The van der Waals surface area contributed by atoms with E-state index in [1.807, 2.05) is 0 Å².